The van der Waals surface area contributed by atoms with Crippen molar-refractivity contribution in [1.82, 2.24) is 10.6 Å². The molecule has 0 bridgehead atoms. The van der Waals surface area contributed by atoms with Gasteiger partial charge >= 0.3 is 5.97 Å². The van der Waals surface area contributed by atoms with E-state index < -0.39 is 24.5 Å². The number of esters is 1. The highest BCUT2D eigenvalue weighted by Gasteiger charge is 2.18. The van der Waals surface area contributed by atoms with Gasteiger partial charge in [0.05, 0.1) is 5.56 Å². The summed E-state index contributed by atoms with van der Waals surface area (Å²) in [5.74, 6) is -1.34. The summed E-state index contributed by atoms with van der Waals surface area (Å²) in [6.45, 7) is 9.03. The van der Waals surface area contributed by atoms with Crippen LogP contribution in [0.2, 0.25) is 0 Å². The number of aryl methyl sites for hydroxylation is 3. The maximum Gasteiger partial charge on any atom is 0.339 e. The summed E-state index contributed by atoms with van der Waals surface area (Å²) in [5.41, 5.74) is 3.15. The molecule has 0 spiro atoms. The van der Waals surface area contributed by atoms with E-state index >= 15 is 0 Å². The van der Waals surface area contributed by atoms with Crippen molar-refractivity contribution in [3.8, 4) is 0 Å². The van der Waals surface area contributed by atoms with Crippen molar-refractivity contribution in [2.75, 3.05) is 13.2 Å². The highest BCUT2D eigenvalue weighted by molar-refractivity contribution is 5.94. The Morgan fingerprint density at radius 1 is 1.13 bits per heavy atom. The topological polar surface area (TPSA) is 84.5 Å². The van der Waals surface area contributed by atoms with E-state index in [1.54, 1.807) is 13.8 Å². The lowest BCUT2D eigenvalue weighted by Gasteiger charge is -2.14. The van der Waals surface area contributed by atoms with Gasteiger partial charge in [-0.1, -0.05) is 17.7 Å². The number of carbonyl (C=O) groups excluding carboxylic acids is 3. The van der Waals surface area contributed by atoms with Crippen molar-refractivity contribution in [1.29, 1.82) is 0 Å². The number of carbonyl (C=O) groups is 3. The van der Waals surface area contributed by atoms with E-state index in [0.717, 1.165) is 16.7 Å². The normalized spacial score (nSPS) is 11.5. The van der Waals surface area contributed by atoms with Crippen molar-refractivity contribution in [2.45, 2.75) is 40.7 Å². The predicted octanol–water partition coefficient (Wildman–Crippen LogP) is 1.41. The molecule has 6 nitrogen and oxygen atoms in total. The lowest BCUT2D eigenvalue weighted by atomic mass is 10.00. The molecule has 23 heavy (non-hydrogen) atoms. The molecule has 2 amide bonds. The van der Waals surface area contributed by atoms with Crippen LogP contribution in [0.3, 0.4) is 0 Å². The molecule has 0 heterocycles. The van der Waals surface area contributed by atoms with Gasteiger partial charge in [0.25, 0.3) is 5.91 Å². The zero-order valence-electron chi connectivity index (χ0n) is 14.3. The molecule has 0 saturated carbocycles. The average Bonchev–Trinajstić information content (AvgIpc) is 2.44. The minimum absolute atomic E-state index is 0.280. The van der Waals surface area contributed by atoms with E-state index in [1.807, 2.05) is 32.9 Å². The molecule has 0 aliphatic carbocycles. The molecule has 0 aliphatic rings. The van der Waals surface area contributed by atoms with Gasteiger partial charge in [0.15, 0.2) is 6.61 Å². The molecule has 0 aliphatic heterocycles. The molecule has 1 rings (SSSR count). The molecule has 2 N–H and O–H groups in total. The van der Waals surface area contributed by atoms with Crippen LogP contribution in [-0.4, -0.2) is 37.0 Å². The first kappa shape index (κ1) is 18.7. The highest BCUT2D eigenvalue weighted by Crippen LogP contribution is 2.17. The lowest BCUT2D eigenvalue weighted by Crippen LogP contribution is -2.46. The van der Waals surface area contributed by atoms with E-state index in [9.17, 15) is 14.4 Å². The Labute approximate surface area is 136 Å². The summed E-state index contributed by atoms with van der Waals surface area (Å²) in [6, 6.07) is 3.10. The smallest absolute Gasteiger partial charge is 0.339 e. The Morgan fingerprint density at radius 3 is 2.22 bits per heavy atom. The van der Waals surface area contributed by atoms with Gasteiger partial charge < -0.3 is 15.4 Å². The van der Waals surface area contributed by atoms with Gasteiger partial charge in [-0.25, -0.2) is 4.79 Å². The second kappa shape index (κ2) is 8.31. The number of nitrogens with one attached hydrogen (secondary N) is 2. The van der Waals surface area contributed by atoms with Crippen molar-refractivity contribution < 1.29 is 19.1 Å². The Hall–Kier alpha value is -2.37. The standard InChI is InChI=1S/C17H24N2O4/c1-6-18-16(21)13(5)19-14(20)9-23-17(22)15-11(3)7-10(2)8-12(15)4/h7-8,13H,6,9H2,1-5H3,(H,18,21)(H,19,20)/t13-/m0/s1. The molecule has 0 unspecified atom stereocenters. The average molecular weight is 320 g/mol. The fourth-order valence-electron chi connectivity index (χ4n) is 2.38. The van der Waals surface area contributed by atoms with Crippen LogP contribution >= 0.6 is 0 Å². The molecular weight excluding hydrogens is 296 g/mol. The zero-order chi connectivity index (χ0) is 17.6. The van der Waals surface area contributed by atoms with Crippen LogP contribution in [-0.2, 0) is 14.3 Å². The van der Waals surface area contributed by atoms with Crippen LogP contribution in [0.1, 0.15) is 40.9 Å². The Balaban J connectivity index is 2.60. The molecular formula is C17H24N2O4. The first-order valence-electron chi connectivity index (χ1n) is 7.58. The number of amides is 2. The van der Waals surface area contributed by atoms with Crippen LogP contribution < -0.4 is 10.6 Å². The van der Waals surface area contributed by atoms with Crippen molar-refractivity contribution in [3.05, 3.63) is 34.4 Å². The van der Waals surface area contributed by atoms with Gasteiger partial charge in [0.2, 0.25) is 5.91 Å². The van der Waals surface area contributed by atoms with Gasteiger partial charge in [0, 0.05) is 6.54 Å². The first-order valence-corrected chi connectivity index (χ1v) is 7.58. The van der Waals surface area contributed by atoms with Crippen LogP contribution in [0.4, 0.5) is 0 Å². The van der Waals surface area contributed by atoms with Gasteiger partial charge in [-0.2, -0.15) is 0 Å². The molecule has 0 radical (unpaired) electrons. The van der Waals surface area contributed by atoms with Crippen molar-refractivity contribution in [3.63, 3.8) is 0 Å². The number of hydrogen-bond acceptors (Lipinski definition) is 4. The summed E-state index contributed by atoms with van der Waals surface area (Å²) in [6.07, 6.45) is 0. The SMILES string of the molecule is CCNC(=O)[C@H](C)NC(=O)COC(=O)c1c(C)cc(C)cc1C. The molecule has 1 aromatic carbocycles. The minimum Gasteiger partial charge on any atom is -0.452 e. The van der Waals surface area contributed by atoms with Crippen LogP contribution in [0.5, 0.6) is 0 Å². The second-order valence-corrected chi connectivity index (χ2v) is 5.53. The third kappa shape index (κ3) is 5.39. The van der Waals surface area contributed by atoms with Gasteiger partial charge in [-0.3, -0.25) is 9.59 Å². The summed E-state index contributed by atoms with van der Waals surface area (Å²) in [5, 5.41) is 5.08. The number of benzene rings is 1. The molecule has 0 aromatic heterocycles. The molecule has 126 valence electrons. The Kier molecular flexibility index (Phi) is 6.75. The van der Waals surface area contributed by atoms with Crippen molar-refractivity contribution >= 4 is 17.8 Å². The first-order chi connectivity index (χ1) is 10.8. The number of rotatable bonds is 6. The predicted molar refractivity (Wildman–Crippen MR) is 87.2 cm³/mol. The molecule has 1 aromatic rings. The molecule has 1 atom stereocenters. The monoisotopic (exact) mass is 320 g/mol. The third-order valence-corrected chi connectivity index (χ3v) is 3.34. The van der Waals surface area contributed by atoms with Gasteiger partial charge in [-0.05, 0) is 45.7 Å². The van der Waals surface area contributed by atoms with Crippen LogP contribution in [0.15, 0.2) is 12.1 Å². The van der Waals surface area contributed by atoms with Crippen molar-refractivity contribution in [2.24, 2.45) is 0 Å². The quantitative estimate of drug-likeness (QED) is 0.776. The molecule has 0 saturated heterocycles. The summed E-state index contributed by atoms with van der Waals surface area (Å²) in [7, 11) is 0. The fraction of sp³-hybridized carbons (Fsp3) is 0.471. The summed E-state index contributed by atoms with van der Waals surface area (Å²) >= 11 is 0. The van der Waals surface area contributed by atoms with Gasteiger partial charge in [0.1, 0.15) is 6.04 Å². The second-order valence-electron chi connectivity index (χ2n) is 5.53. The summed E-state index contributed by atoms with van der Waals surface area (Å²) in [4.78, 5) is 35.4. The van der Waals surface area contributed by atoms with Crippen LogP contribution in [0.25, 0.3) is 0 Å². The maximum atomic E-state index is 12.1. The van der Waals surface area contributed by atoms with E-state index in [2.05, 4.69) is 10.6 Å². The molecule has 0 fully saturated rings. The van der Waals surface area contributed by atoms with Crippen LogP contribution in [0, 0.1) is 20.8 Å². The lowest BCUT2D eigenvalue weighted by molar-refractivity contribution is -0.130. The Bertz CT molecular complexity index is 588. The number of ether oxygens (including phenoxy) is 1. The number of likely N-dealkylation sites (N-methyl/N-ethyl adjacent to an activating group) is 1. The maximum absolute atomic E-state index is 12.1. The molecule has 6 heteroatoms. The van der Waals surface area contributed by atoms with E-state index in [0.29, 0.717) is 12.1 Å². The fourth-order valence-corrected chi connectivity index (χ4v) is 2.38. The number of hydrogen-bond donors (Lipinski definition) is 2. The minimum atomic E-state index is -0.677. The third-order valence-electron chi connectivity index (χ3n) is 3.34. The van der Waals surface area contributed by atoms with Gasteiger partial charge in [-0.15, -0.1) is 0 Å². The van der Waals surface area contributed by atoms with E-state index in [-0.39, 0.29) is 5.91 Å². The van der Waals surface area contributed by atoms with E-state index in [4.69, 9.17) is 4.74 Å². The zero-order valence-corrected chi connectivity index (χ0v) is 14.3. The largest absolute Gasteiger partial charge is 0.452 e. The van der Waals surface area contributed by atoms with E-state index in [1.165, 1.54) is 0 Å². The summed E-state index contributed by atoms with van der Waals surface area (Å²) < 4.78 is 5.05. The Morgan fingerprint density at radius 2 is 1.70 bits per heavy atom. The highest BCUT2D eigenvalue weighted by atomic mass is 16.5.